The molecule has 0 spiro atoms. The minimum atomic E-state index is -0.737. The number of nitrogens with zero attached hydrogens (tertiary/aromatic N) is 4. The van der Waals surface area contributed by atoms with Gasteiger partial charge in [-0.1, -0.05) is 49.4 Å². The lowest BCUT2D eigenvalue weighted by molar-refractivity contribution is 0.0207. The van der Waals surface area contributed by atoms with Crippen molar-refractivity contribution in [1.82, 2.24) is 19.4 Å². The van der Waals surface area contributed by atoms with Gasteiger partial charge in [0.15, 0.2) is 5.65 Å². The van der Waals surface area contributed by atoms with E-state index in [9.17, 15) is 9.59 Å². The van der Waals surface area contributed by atoms with Crippen molar-refractivity contribution in [1.29, 1.82) is 0 Å². The average molecular weight is 544 g/mol. The van der Waals surface area contributed by atoms with Gasteiger partial charge in [-0.25, -0.2) is 19.6 Å². The molecule has 0 saturated heterocycles. The van der Waals surface area contributed by atoms with Crippen LogP contribution in [0.1, 0.15) is 51.2 Å². The zero-order valence-corrected chi connectivity index (χ0v) is 24.2. The lowest BCUT2D eigenvalue weighted by atomic mass is 10.0. The number of hydrogen-bond donors (Lipinski definition) is 1. The minimum absolute atomic E-state index is 0.212. The number of fused-ring (bicyclic) bond motifs is 1. The third-order valence-electron chi connectivity index (χ3n) is 6.19. The van der Waals surface area contributed by atoms with Crippen molar-refractivity contribution in [2.45, 2.75) is 59.6 Å². The van der Waals surface area contributed by atoms with E-state index in [0.29, 0.717) is 18.0 Å². The molecule has 9 nitrogen and oxygen atoms in total. The number of benzene rings is 2. The molecule has 0 atom stereocenters. The van der Waals surface area contributed by atoms with Gasteiger partial charge in [0.2, 0.25) is 0 Å². The lowest BCUT2D eigenvalue weighted by Gasteiger charge is -2.19. The van der Waals surface area contributed by atoms with Crippen LogP contribution in [0.4, 0.5) is 15.3 Å². The summed E-state index contributed by atoms with van der Waals surface area (Å²) < 4.78 is 13.0. The van der Waals surface area contributed by atoms with Crippen molar-refractivity contribution in [2.75, 3.05) is 19.4 Å². The van der Waals surface area contributed by atoms with Gasteiger partial charge in [0.1, 0.15) is 22.7 Å². The van der Waals surface area contributed by atoms with Crippen LogP contribution in [0.15, 0.2) is 54.6 Å². The number of aryl methyl sites for hydroxylation is 2. The van der Waals surface area contributed by atoms with Gasteiger partial charge in [-0.15, -0.1) is 0 Å². The summed E-state index contributed by atoms with van der Waals surface area (Å²) in [6.07, 6.45) is 1.02. The maximum Gasteiger partial charge on any atom is 0.514 e. The Morgan fingerprint density at radius 2 is 1.73 bits per heavy atom. The molecule has 1 N–H and O–H groups in total. The first-order chi connectivity index (χ1) is 18.9. The number of carbonyl (C=O) groups excluding carboxylic acids is 2. The van der Waals surface area contributed by atoms with Crippen molar-refractivity contribution < 1.29 is 19.1 Å². The van der Waals surface area contributed by atoms with Crippen molar-refractivity contribution in [2.24, 2.45) is 0 Å². The van der Waals surface area contributed by atoms with Gasteiger partial charge in [0, 0.05) is 26.1 Å². The van der Waals surface area contributed by atoms with E-state index >= 15 is 0 Å². The number of anilines is 1. The number of imidazole rings is 1. The van der Waals surface area contributed by atoms with Gasteiger partial charge < -0.3 is 24.3 Å². The first-order valence-electron chi connectivity index (χ1n) is 13.4. The third kappa shape index (κ3) is 6.77. The summed E-state index contributed by atoms with van der Waals surface area (Å²) in [5, 5.41) is 2.90. The lowest BCUT2D eigenvalue weighted by Crippen LogP contribution is -2.27. The Bertz CT molecular complexity index is 1520. The number of para-hydroxylation sites is 1. The highest BCUT2D eigenvalue weighted by molar-refractivity contribution is 5.91. The SMILES string of the molecule is CCCc1nc2cc(NC(=O)N(C)C)c(C)nc2n1Cc1ccc(-c2ccccc2OC(=O)OC(C)(C)C)cc1. The second-order valence-electron chi connectivity index (χ2n) is 10.9. The fraction of sp³-hybridized carbons (Fsp3) is 0.355. The van der Waals surface area contributed by atoms with Crippen LogP contribution in [-0.2, 0) is 17.7 Å². The molecule has 0 aliphatic rings. The molecule has 2 heterocycles. The van der Waals surface area contributed by atoms with E-state index < -0.39 is 11.8 Å². The number of rotatable bonds is 7. The molecule has 4 aromatic rings. The average Bonchev–Trinajstić information content (AvgIpc) is 3.19. The number of hydrogen-bond acceptors (Lipinski definition) is 6. The van der Waals surface area contributed by atoms with Gasteiger partial charge in [-0.3, -0.25) is 0 Å². The molecule has 0 aliphatic carbocycles. The van der Waals surface area contributed by atoms with Crippen molar-refractivity contribution in [3.05, 3.63) is 71.7 Å². The summed E-state index contributed by atoms with van der Waals surface area (Å²) >= 11 is 0. The van der Waals surface area contributed by atoms with Gasteiger partial charge in [-0.2, -0.15) is 0 Å². The van der Waals surface area contributed by atoms with Crippen molar-refractivity contribution in [3.8, 4) is 16.9 Å². The monoisotopic (exact) mass is 543 g/mol. The second kappa shape index (κ2) is 11.8. The van der Waals surface area contributed by atoms with Crippen LogP contribution in [0.25, 0.3) is 22.3 Å². The normalized spacial score (nSPS) is 11.4. The minimum Gasteiger partial charge on any atom is -0.428 e. The van der Waals surface area contributed by atoms with E-state index in [0.717, 1.165) is 52.2 Å². The van der Waals surface area contributed by atoms with Crippen molar-refractivity contribution >= 4 is 29.0 Å². The highest BCUT2D eigenvalue weighted by atomic mass is 16.7. The van der Waals surface area contributed by atoms with E-state index in [2.05, 4.69) is 28.9 Å². The van der Waals surface area contributed by atoms with E-state index in [1.807, 2.05) is 43.3 Å². The number of amides is 2. The quantitative estimate of drug-likeness (QED) is 0.203. The molecule has 0 unspecified atom stereocenters. The number of pyridine rings is 1. The molecule has 0 bridgehead atoms. The molecule has 2 amide bonds. The Labute approximate surface area is 235 Å². The zero-order valence-electron chi connectivity index (χ0n) is 24.2. The summed E-state index contributed by atoms with van der Waals surface area (Å²) in [5.41, 5.74) is 5.05. The number of aromatic nitrogens is 3. The summed E-state index contributed by atoms with van der Waals surface area (Å²) in [6.45, 7) is 10.00. The molecule has 0 aliphatic heterocycles. The van der Waals surface area contributed by atoms with Crippen LogP contribution in [0.2, 0.25) is 0 Å². The van der Waals surface area contributed by atoms with Gasteiger partial charge in [-0.05, 0) is 57.4 Å². The molecule has 0 fully saturated rings. The topological polar surface area (TPSA) is 98.6 Å². The number of ether oxygens (including phenoxy) is 2. The maximum atomic E-state index is 12.3. The van der Waals surface area contributed by atoms with E-state index in [1.54, 1.807) is 40.9 Å². The standard InChI is InChI=1S/C31H37N5O4/c1-8-11-27-33-25-18-24(34-29(37)35(6)7)20(2)32-28(25)36(27)19-21-14-16-22(17-15-21)23-12-9-10-13-26(23)39-30(38)40-31(3,4)5/h9-10,12-18H,8,11,19H2,1-7H3,(H,34,37). The molecule has 9 heteroatoms. The van der Waals surface area contributed by atoms with E-state index in [-0.39, 0.29) is 6.03 Å². The van der Waals surface area contributed by atoms with Crippen LogP contribution < -0.4 is 10.1 Å². The molecule has 40 heavy (non-hydrogen) atoms. The maximum absolute atomic E-state index is 12.3. The largest absolute Gasteiger partial charge is 0.514 e. The molecular formula is C31H37N5O4. The summed E-state index contributed by atoms with van der Waals surface area (Å²) in [4.78, 5) is 35.7. The molecule has 2 aromatic carbocycles. The molecule has 0 saturated carbocycles. The molecule has 2 aromatic heterocycles. The van der Waals surface area contributed by atoms with Crippen molar-refractivity contribution in [3.63, 3.8) is 0 Å². The number of urea groups is 1. The predicted octanol–water partition coefficient (Wildman–Crippen LogP) is 6.81. The Balaban J connectivity index is 1.61. The number of nitrogens with one attached hydrogen (secondary N) is 1. The Hall–Kier alpha value is -4.40. The molecule has 210 valence electrons. The van der Waals surface area contributed by atoms with Gasteiger partial charge in [0.05, 0.1) is 17.9 Å². The van der Waals surface area contributed by atoms with Crippen LogP contribution in [-0.4, -0.2) is 51.3 Å². The van der Waals surface area contributed by atoms with E-state index in [1.165, 1.54) is 4.90 Å². The van der Waals surface area contributed by atoms with Gasteiger partial charge in [0.25, 0.3) is 0 Å². The Kier molecular flexibility index (Phi) is 8.42. The zero-order chi connectivity index (χ0) is 29.0. The fourth-order valence-electron chi connectivity index (χ4n) is 4.25. The summed E-state index contributed by atoms with van der Waals surface area (Å²) in [6, 6.07) is 17.2. The van der Waals surface area contributed by atoms with Crippen LogP contribution in [0.3, 0.4) is 0 Å². The first-order valence-corrected chi connectivity index (χ1v) is 13.4. The second-order valence-corrected chi connectivity index (χ2v) is 10.9. The van der Waals surface area contributed by atoms with Crippen LogP contribution in [0.5, 0.6) is 5.75 Å². The van der Waals surface area contributed by atoms with E-state index in [4.69, 9.17) is 19.4 Å². The van der Waals surface area contributed by atoms with Gasteiger partial charge >= 0.3 is 12.2 Å². The summed E-state index contributed by atoms with van der Waals surface area (Å²) in [5.74, 6) is 1.38. The summed E-state index contributed by atoms with van der Waals surface area (Å²) in [7, 11) is 3.39. The highest BCUT2D eigenvalue weighted by Crippen LogP contribution is 2.31. The predicted molar refractivity (Wildman–Crippen MR) is 157 cm³/mol. The first kappa shape index (κ1) is 28.6. The third-order valence-corrected chi connectivity index (χ3v) is 6.19. The molecule has 4 rings (SSSR count). The molecular weight excluding hydrogens is 506 g/mol. The fourth-order valence-corrected chi connectivity index (χ4v) is 4.25. The highest BCUT2D eigenvalue weighted by Gasteiger charge is 2.20. The molecule has 0 radical (unpaired) electrons. The Morgan fingerprint density at radius 1 is 1.02 bits per heavy atom. The smallest absolute Gasteiger partial charge is 0.428 e. The van der Waals surface area contributed by atoms with Crippen LogP contribution in [0, 0.1) is 6.92 Å². The Morgan fingerprint density at radius 3 is 2.38 bits per heavy atom. The van der Waals surface area contributed by atoms with Crippen LogP contribution >= 0.6 is 0 Å². The number of carbonyl (C=O) groups is 2.